The SMILES string of the molecule is CCN(Cc1ccccc1)C(=O)CSc1nnc(Nc2cccc(C)c2C)s1. The molecule has 0 saturated heterocycles. The van der Waals surface area contributed by atoms with Gasteiger partial charge in [-0.25, -0.2) is 0 Å². The lowest BCUT2D eigenvalue weighted by Gasteiger charge is -2.20. The molecule has 0 saturated carbocycles. The van der Waals surface area contributed by atoms with Crippen LogP contribution >= 0.6 is 23.1 Å². The lowest BCUT2D eigenvalue weighted by atomic mass is 10.1. The van der Waals surface area contributed by atoms with E-state index in [2.05, 4.69) is 35.4 Å². The summed E-state index contributed by atoms with van der Waals surface area (Å²) in [6.07, 6.45) is 0. The topological polar surface area (TPSA) is 58.1 Å². The first-order valence-electron chi connectivity index (χ1n) is 9.18. The molecule has 7 heteroatoms. The number of aromatic nitrogens is 2. The monoisotopic (exact) mass is 412 g/mol. The highest BCUT2D eigenvalue weighted by Gasteiger charge is 2.14. The van der Waals surface area contributed by atoms with Gasteiger partial charge >= 0.3 is 0 Å². The van der Waals surface area contributed by atoms with Gasteiger partial charge in [-0.05, 0) is 43.5 Å². The van der Waals surface area contributed by atoms with E-state index in [-0.39, 0.29) is 5.91 Å². The zero-order valence-electron chi connectivity index (χ0n) is 16.3. The molecule has 0 radical (unpaired) electrons. The van der Waals surface area contributed by atoms with Crippen LogP contribution in [-0.2, 0) is 11.3 Å². The predicted octanol–water partition coefficient (Wildman–Crippen LogP) is 5.04. The molecule has 5 nitrogen and oxygen atoms in total. The van der Waals surface area contributed by atoms with Gasteiger partial charge in [-0.2, -0.15) is 0 Å². The number of amides is 1. The number of thioether (sulfide) groups is 1. The summed E-state index contributed by atoms with van der Waals surface area (Å²) in [4.78, 5) is 14.4. The Kier molecular flexibility index (Phi) is 7.06. The van der Waals surface area contributed by atoms with Gasteiger partial charge in [0.25, 0.3) is 0 Å². The van der Waals surface area contributed by atoms with Crippen LogP contribution in [0.3, 0.4) is 0 Å². The van der Waals surface area contributed by atoms with Crippen molar-refractivity contribution in [1.29, 1.82) is 0 Å². The van der Waals surface area contributed by atoms with Gasteiger partial charge in [-0.15, -0.1) is 10.2 Å². The minimum absolute atomic E-state index is 0.107. The Morgan fingerprint density at radius 2 is 1.89 bits per heavy atom. The summed E-state index contributed by atoms with van der Waals surface area (Å²) < 4.78 is 0.789. The average Bonchev–Trinajstić information content (AvgIpc) is 3.16. The van der Waals surface area contributed by atoms with Crippen molar-refractivity contribution in [1.82, 2.24) is 15.1 Å². The van der Waals surface area contributed by atoms with Crippen LogP contribution in [0.1, 0.15) is 23.6 Å². The van der Waals surface area contributed by atoms with Gasteiger partial charge in [0.15, 0.2) is 4.34 Å². The fourth-order valence-corrected chi connectivity index (χ4v) is 4.38. The fraction of sp³-hybridized carbons (Fsp3) is 0.286. The van der Waals surface area contributed by atoms with E-state index in [0.717, 1.165) is 20.7 Å². The van der Waals surface area contributed by atoms with Crippen molar-refractivity contribution < 1.29 is 4.79 Å². The van der Waals surface area contributed by atoms with Crippen molar-refractivity contribution in [2.75, 3.05) is 17.6 Å². The van der Waals surface area contributed by atoms with Crippen molar-refractivity contribution >= 4 is 39.8 Å². The maximum Gasteiger partial charge on any atom is 0.233 e. The normalized spacial score (nSPS) is 10.7. The number of benzene rings is 2. The molecule has 0 aliphatic carbocycles. The quantitative estimate of drug-likeness (QED) is 0.525. The second-order valence-corrected chi connectivity index (χ2v) is 8.63. The third-order valence-corrected chi connectivity index (χ3v) is 6.48. The Hall–Kier alpha value is -2.38. The van der Waals surface area contributed by atoms with E-state index in [1.807, 2.05) is 54.3 Å². The molecule has 28 heavy (non-hydrogen) atoms. The standard InChI is InChI=1S/C21H24N4OS2/c1-4-25(13-17-10-6-5-7-11-17)19(26)14-27-21-24-23-20(28-21)22-18-12-8-9-15(2)16(18)3/h5-12H,4,13-14H2,1-3H3,(H,22,23). The number of hydrogen-bond donors (Lipinski definition) is 1. The third-order valence-electron chi connectivity index (χ3n) is 4.52. The second kappa shape index (κ2) is 9.71. The van der Waals surface area contributed by atoms with Crippen LogP contribution in [0.5, 0.6) is 0 Å². The van der Waals surface area contributed by atoms with E-state index >= 15 is 0 Å². The smallest absolute Gasteiger partial charge is 0.233 e. The summed E-state index contributed by atoms with van der Waals surface area (Å²) in [6, 6.07) is 16.2. The van der Waals surface area contributed by atoms with Gasteiger partial charge in [0.2, 0.25) is 11.0 Å². The van der Waals surface area contributed by atoms with Crippen LogP contribution < -0.4 is 5.32 Å². The second-order valence-electron chi connectivity index (χ2n) is 6.43. The van der Waals surface area contributed by atoms with Crippen molar-refractivity contribution in [2.45, 2.75) is 31.7 Å². The van der Waals surface area contributed by atoms with Crippen LogP contribution in [0, 0.1) is 13.8 Å². The highest BCUT2D eigenvalue weighted by Crippen LogP contribution is 2.29. The Morgan fingerprint density at radius 1 is 1.11 bits per heavy atom. The molecular formula is C21H24N4OS2. The van der Waals surface area contributed by atoms with Gasteiger partial charge in [0.05, 0.1) is 5.75 Å². The lowest BCUT2D eigenvalue weighted by Crippen LogP contribution is -2.31. The van der Waals surface area contributed by atoms with Crippen LogP contribution in [-0.4, -0.2) is 33.3 Å². The van der Waals surface area contributed by atoms with Crippen molar-refractivity contribution in [3.05, 3.63) is 65.2 Å². The number of aryl methyl sites for hydroxylation is 1. The zero-order valence-corrected chi connectivity index (χ0v) is 17.9. The van der Waals surface area contributed by atoms with Gasteiger partial charge < -0.3 is 10.2 Å². The molecule has 0 unspecified atom stereocenters. The molecule has 3 aromatic rings. The Balaban J connectivity index is 1.56. The van der Waals surface area contributed by atoms with E-state index in [9.17, 15) is 4.79 Å². The number of carbonyl (C=O) groups is 1. The molecule has 0 bridgehead atoms. The molecule has 1 N–H and O–H groups in total. The molecule has 2 aromatic carbocycles. The van der Waals surface area contributed by atoms with Gasteiger partial charge in [0, 0.05) is 18.8 Å². The Bertz CT molecular complexity index is 927. The van der Waals surface area contributed by atoms with Crippen molar-refractivity contribution in [2.24, 2.45) is 0 Å². The molecular weight excluding hydrogens is 388 g/mol. The maximum atomic E-state index is 12.6. The molecule has 3 rings (SSSR count). The number of anilines is 2. The summed E-state index contributed by atoms with van der Waals surface area (Å²) in [7, 11) is 0. The fourth-order valence-electron chi connectivity index (χ4n) is 2.72. The summed E-state index contributed by atoms with van der Waals surface area (Å²) in [5, 5.41) is 12.5. The minimum atomic E-state index is 0.107. The maximum absolute atomic E-state index is 12.6. The van der Waals surface area contributed by atoms with Crippen LogP contribution in [0.2, 0.25) is 0 Å². The highest BCUT2D eigenvalue weighted by atomic mass is 32.2. The summed E-state index contributed by atoms with van der Waals surface area (Å²) in [6.45, 7) is 7.49. The molecule has 1 amide bonds. The zero-order chi connectivity index (χ0) is 19.9. The molecule has 146 valence electrons. The highest BCUT2D eigenvalue weighted by molar-refractivity contribution is 8.01. The third kappa shape index (κ3) is 5.33. The molecule has 1 aromatic heterocycles. The minimum Gasteiger partial charge on any atom is -0.338 e. The van der Waals surface area contributed by atoms with E-state index in [0.29, 0.717) is 18.8 Å². The number of nitrogens with zero attached hydrogens (tertiary/aromatic N) is 3. The van der Waals surface area contributed by atoms with Crippen LogP contribution in [0.25, 0.3) is 0 Å². The molecule has 1 heterocycles. The first kappa shape index (κ1) is 20.4. The van der Waals surface area contributed by atoms with Crippen molar-refractivity contribution in [3.63, 3.8) is 0 Å². The number of nitrogens with one attached hydrogen (secondary N) is 1. The first-order valence-corrected chi connectivity index (χ1v) is 11.0. The molecule has 0 spiro atoms. The average molecular weight is 413 g/mol. The lowest BCUT2D eigenvalue weighted by molar-refractivity contribution is -0.128. The van der Waals surface area contributed by atoms with E-state index in [4.69, 9.17) is 0 Å². The van der Waals surface area contributed by atoms with Crippen LogP contribution in [0.4, 0.5) is 10.8 Å². The molecule has 0 atom stereocenters. The molecule has 0 aliphatic heterocycles. The largest absolute Gasteiger partial charge is 0.338 e. The Morgan fingerprint density at radius 3 is 2.64 bits per heavy atom. The van der Waals surface area contributed by atoms with Gasteiger partial charge in [0.1, 0.15) is 0 Å². The number of carbonyl (C=O) groups excluding carboxylic acids is 1. The van der Waals surface area contributed by atoms with Crippen molar-refractivity contribution in [3.8, 4) is 0 Å². The van der Waals surface area contributed by atoms with E-state index in [1.165, 1.54) is 34.2 Å². The number of hydrogen-bond acceptors (Lipinski definition) is 6. The summed E-state index contributed by atoms with van der Waals surface area (Å²) >= 11 is 2.90. The predicted molar refractivity (Wildman–Crippen MR) is 117 cm³/mol. The van der Waals surface area contributed by atoms with Crippen LogP contribution in [0.15, 0.2) is 52.9 Å². The number of rotatable bonds is 8. The van der Waals surface area contributed by atoms with E-state index in [1.54, 1.807) is 0 Å². The van der Waals surface area contributed by atoms with Gasteiger partial charge in [-0.1, -0.05) is 65.6 Å². The molecule has 0 aliphatic rings. The Labute approximate surface area is 174 Å². The van der Waals surface area contributed by atoms with E-state index < -0.39 is 0 Å². The van der Waals surface area contributed by atoms with Gasteiger partial charge in [-0.3, -0.25) is 4.79 Å². The summed E-state index contributed by atoms with van der Waals surface area (Å²) in [5.41, 5.74) is 4.59. The molecule has 0 fully saturated rings. The summed E-state index contributed by atoms with van der Waals surface area (Å²) in [5.74, 6) is 0.467. The first-order chi connectivity index (χ1) is 13.6.